The van der Waals surface area contributed by atoms with Gasteiger partial charge in [0.15, 0.2) is 0 Å². The van der Waals surface area contributed by atoms with Gasteiger partial charge in [0.25, 0.3) is 0 Å². The van der Waals surface area contributed by atoms with E-state index in [1.807, 2.05) is 57.2 Å². The van der Waals surface area contributed by atoms with Crippen molar-refractivity contribution in [2.24, 2.45) is 0 Å². The second kappa shape index (κ2) is 11.7. The van der Waals surface area contributed by atoms with Crippen molar-refractivity contribution in [1.82, 2.24) is 10.2 Å². The van der Waals surface area contributed by atoms with Gasteiger partial charge < -0.3 is 10.2 Å². The summed E-state index contributed by atoms with van der Waals surface area (Å²) in [5, 5.41) is 2.83. The summed E-state index contributed by atoms with van der Waals surface area (Å²) in [5.41, 5.74) is 2.29. The molecule has 0 saturated heterocycles. The highest BCUT2D eigenvalue weighted by Gasteiger charge is 2.30. The Labute approximate surface area is 205 Å². The van der Waals surface area contributed by atoms with Gasteiger partial charge in [-0.25, -0.2) is 8.42 Å². The lowest BCUT2D eigenvalue weighted by molar-refractivity contribution is -0.139. The molecule has 0 saturated carbocycles. The number of carbonyl (C=O) groups excluding carboxylic acids is 2. The van der Waals surface area contributed by atoms with E-state index in [2.05, 4.69) is 21.2 Å². The summed E-state index contributed by atoms with van der Waals surface area (Å²) < 4.78 is 27.1. The van der Waals surface area contributed by atoms with E-state index >= 15 is 0 Å². The maximum atomic E-state index is 13.4. The molecule has 0 radical (unpaired) electrons. The van der Waals surface area contributed by atoms with Crippen molar-refractivity contribution in [1.29, 1.82) is 0 Å². The van der Waals surface area contributed by atoms with Gasteiger partial charge in [0, 0.05) is 17.1 Å². The van der Waals surface area contributed by atoms with Crippen LogP contribution in [0.1, 0.15) is 38.8 Å². The second-order valence-electron chi connectivity index (χ2n) is 8.28. The van der Waals surface area contributed by atoms with Gasteiger partial charge in [0.05, 0.1) is 11.9 Å². The Morgan fingerprint density at radius 3 is 2.18 bits per heavy atom. The van der Waals surface area contributed by atoms with Gasteiger partial charge in [0.2, 0.25) is 21.8 Å². The number of anilines is 1. The van der Waals surface area contributed by atoms with Gasteiger partial charge in [-0.05, 0) is 62.6 Å². The molecule has 1 atom stereocenters. The van der Waals surface area contributed by atoms with E-state index < -0.39 is 28.5 Å². The highest BCUT2D eigenvalue weighted by molar-refractivity contribution is 9.10. The number of sulfonamides is 1. The first kappa shape index (κ1) is 26.9. The number of benzene rings is 2. The molecule has 1 unspecified atom stereocenters. The highest BCUT2D eigenvalue weighted by atomic mass is 79.9. The first-order valence-corrected chi connectivity index (χ1v) is 13.5. The third kappa shape index (κ3) is 7.85. The summed E-state index contributed by atoms with van der Waals surface area (Å²) in [7, 11) is -3.73. The maximum Gasteiger partial charge on any atom is 0.244 e. The van der Waals surface area contributed by atoms with Crippen LogP contribution >= 0.6 is 15.9 Å². The third-order valence-electron chi connectivity index (χ3n) is 5.15. The standard InChI is InChI=1S/C24H32BrN3O4S/c1-6-19-10-12-22(13-11-19)28(33(5,31)32)16-23(29)27(18(4)24(30)26-17(2)3)15-20-8-7-9-21(25)14-20/h7-14,17-18H,6,15-16H2,1-5H3,(H,26,30). The maximum absolute atomic E-state index is 13.4. The SMILES string of the molecule is CCc1ccc(N(CC(=O)N(Cc2cccc(Br)c2)C(C)C(=O)NC(C)C)S(C)(=O)=O)cc1. The Bertz CT molecular complexity index is 1070. The molecule has 2 aromatic rings. The smallest absolute Gasteiger partial charge is 0.244 e. The van der Waals surface area contributed by atoms with Crippen molar-refractivity contribution in [2.45, 2.75) is 52.7 Å². The van der Waals surface area contributed by atoms with Gasteiger partial charge in [0.1, 0.15) is 12.6 Å². The van der Waals surface area contributed by atoms with Crippen LogP contribution in [0.4, 0.5) is 5.69 Å². The van der Waals surface area contributed by atoms with E-state index in [1.54, 1.807) is 19.1 Å². The molecule has 0 aromatic heterocycles. The van der Waals surface area contributed by atoms with Crippen LogP contribution < -0.4 is 9.62 Å². The van der Waals surface area contributed by atoms with Crippen LogP contribution in [0.3, 0.4) is 0 Å². The van der Waals surface area contributed by atoms with Crippen molar-refractivity contribution in [3.05, 3.63) is 64.1 Å². The minimum atomic E-state index is -3.73. The molecule has 0 aliphatic rings. The fourth-order valence-electron chi connectivity index (χ4n) is 3.33. The number of rotatable bonds is 10. The van der Waals surface area contributed by atoms with E-state index in [4.69, 9.17) is 0 Å². The van der Waals surface area contributed by atoms with Crippen LogP contribution in [0.15, 0.2) is 53.0 Å². The van der Waals surface area contributed by atoms with E-state index in [9.17, 15) is 18.0 Å². The van der Waals surface area contributed by atoms with Gasteiger partial charge in [-0.3, -0.25) is 13.9 Å². The Hall–Kier alpha value is -2.39. The molecule has 7 nitrogen and oxygen atoms in total. The molecule has 2 amide bonds. The van der Waals surface area contributed by atoms with Crippen molar-refractivity contribution < 1.29 is 18.0 Å². The summed E-state index contributed by atoms with van der Waals surface area (Å²) in [6.07, 6.45) is 1.89. The zero-order valence-electron chi connectivity index (χ0n) is 19.7. The summed E-state index contributed by atoms with van der Waals surface area (Å²) in [6, 6.07) is 13.6. The van der Waals surface area contributed by atoms with Gasteiger partial charge >= 0.3 is 0 Å². The van der Waals surface area contributed by atoms with Crippen molar-refractivity contribution >= 4 is 43.5 Å². The molecule has 0 aliphatic carbocycles. The van der Waals surface area contributed by atoms with Crippen molar-refractivity contribution in [3.8, 4) is 0 Å². The van der Waals surface area contributed by atoms with Gasteiger partial charge in [-0.1, -0.05) is 47.1 Å². The largest absolute Gasteiger partial charge is 0.352 e. The number of amides is 2. The predicted octanol–water partition coefficient (Wildman–Crippen LogP) is 3.72. The number of hydrogen-bond acceptors (Lipinski definition) is 4. The average Bonchev–Trinajstić information content (AvgIpc) is 2.74. The molecule has 0 heterocycles. The summed E-state index contributed by atoms with van der Waals surface area (Å²) >= 11 is 3.43. The Morgan fingerprint density at radius 2 is 1.67 bits per heavy atom. The summed E-state index contributed by atoms with van der Waals surface area (Å²) in [6.45, 7) is 7.10. The summed E-state index contributed by atoms with van der Waals surface area (Å²) in [4.78, 5) is 27.6. The number of carbonyl (C=O) groups is 2. The normalized spacial score (nSPS) is 12.3. The van der Waals surface area contributed by atoms with Crippen LogP contribution in [-0.4, -0.2) is 50.0 Å². The third-order valence-corrected chi connectivity index (χ3v) is 6.79. The van der Waals surface area contributed by atoms with Crippen LogP contribution in [0.25, 0.3) is 0 Å². The number of halogens is 1. The molecular weight excluding hydrogens is 506 g/mol. The Kier molecular flexibility index (Phi) is 9.48. The first-order chi connectivity index (χ1) is 15.4. The molecule has 33 heavy (non-hydrogen) atoms. The minimum Gasteiger partial charge on any atom is -0.352 e. The molecule has 9 heteroatoms. The Balaban J connectivity index is 2.38. The van der Waals surface area contributed by atoms with Crippen LogP contribution in [0, 0.1) is 0 Å². The van der Waals surface area contributed by atoms with Crippen LogP contribution in [-0.2, 0) is 32.6 Å². The molecule has 180 valence electrons. The van der Waals surface area contributed by atoms with E-state index in [0.29, 0.717) is 5.69 Å². The second-order valence-corrected chi connectivity index (χ2v) is 11.1. The zero-order valence-corrected chi connectivity index (χ0v) is 22.1. The fourth-order valence-corrected chi connectivity index (χ4v) is 4.63. The van der Waals surface area contributed by atoms with Gasteiger partial charge in [-0.2, -0.15) is 0 Å². The lowest BCUT2D eigenvalue weighted by Gasteiger charge is -2.32. The minimum absolute atomic E-state index is 0.0904. The van der Waals surface area contributed by atoms with Crippen LogP contribution in [0.5, 0.6) is 0 Å². The van der Waals surface area contributed by atoms with Crippen molar-refractivity contribution in [3.63, 3.8) is 0 Å². The Morgan fingerprint density at radius 1 is 1.03 bits per heavy atom. The number of aryl methyl sites for hydroxylation is 1. The van der Waals surface area contributed by atoms with Gasteiger partial charge in [-0.15, -0.1) is 0 Å². The van der Waals surface area contributed by atoms with Crippen molar-refractivity contribution in [2.75, 3.05) is 17.1 Å². The monoisotopic (exact) mass is 537 g/mol. The van der Waals surface area contributed by atoms with Crippen LogP contribution in [0.2, 0.25) is 0 Å². The molecule has 0 fully saturated rings. The number of hydrogen-bond donors (Lipinski definition) is 1. The zero-order chi connectivity index (χ0) is 24.8. The number of nitrogens with zero attached hydrogens (tertiary/aromatic N) is 2. The lowest BCUT2D eigenvalue weighted by Crippen LogP contribution is -2.52. The summed E-state index contributed by atoms with van der Waals surface area (Å²) in [5.74, 6) is -0.766. The molecule has 0 bridgehead atoms. The number of nitrogens with one attached hydrogen (secondary N) is 1. The quantitative estimate of drug-likeness (QED) is 0.500. The molecular formula is C24H32BrN3O4S. The predicted molar refractivity (Wildman–Crippen MR) is 135 cm³/mol. The average molecular weight is 539 g/mol. The molecule has 2 aromatic carbocycles. The fraction of sp³-hybridized carbons (Fsp3) is 0.417. The van der Waals surface area contributed by atoms with E-state index in [0.717, 1.165) is 32.6 Å². The highest BCUT2D eigenvalue weighted by Crippen LogP contribution is 2.21. The molecule has 1 N–H and O–H groups in total. The first-order valence-electron chi connectivity index (χ1n) is 10.8. The molecule has 0 spiro atoms. The van der Waals surface area contributed by atoms with E-state index in [-0.39, 0.29) is 18.5 Å². The molecule has 2 rings (SSSR count). The molecule has 0 aliphatic heterocycles. The van der Waals surface area contributed by atoms with E-state index in [1.165, 1.54) is 4.90 Å². The topological polar surface area (TPSA) is 86.8 Å². The lowest BCUT2D eigenvalue weighted by atomic mass is 10.1.